The number of hydrogen-bond acceptors (Lipinski definition) is 2. The van der Waals surface area contributed by atoms with Gasteiger partial charge in [0, 0.05) is 6.54 Å². The molecule has 0 radical (unpaired) electrons. The highest BCUT2D eigenvalue weighted by Crippen LogP contribution is 2.33. The summed E-state index contributed by atoms with van der Waals surface area (Å²) >= 11 is 6.54. The van der Waals surface area contributed by atoms with E-state index in [1.54, 1.807) is 18.2 Å². The zero-order chi connectivity index (χ0) is 14.0. The van der Waals surface area contributed by atoms with Gasteiger partial charge in [-0.05, 0) is 68.1 Å². The molecule has 0 aliphatic carbocycles. The Bertz CT molecular complexity index is 573. The van der Waals surface area contributed by atoms with E-state index >= 15 is 0 Å². The fourth-order valence-corrected chi connectivity index (χ4v) is 3.05. The van der Waals surface area contributed by atoms with E-state index in [9.17, 15) is 9.50 Å². The Labute approximate surface area is 127 Å². The monoisotopic (exact) mass is 387 g/mol. The summed E-state index contributed by atoms with van der Waals surface area (Å²) in [7, 11) is 0. The van der Waals surface area contributed by atoms with E-state index in [0.29, 0.717) is 21.2 Å². The van der Waals surface area contributed by atoms with Crippen LogP contribution in [0.4, 0.5) is 10.1 Å². The number of para-hydroxylation sites is 1. The second kappa shape index (κ2) is 5.92. The summed E-state index contributed by atoms with van der Waals surface area (Å²) in [5, 5.41) is 12.7. The third kappa shape index (κ3) is 3.28. The van der Waals surface area contributed by atoms with Crippen molar-refractivity contribution in [3.63, 3.8) is 0 Å². The number of rotatable bonds is 3. The predicted molar refractivity (Wildman–Crippen MR) is 82.0 cm³/mol. The Morgan fingerprint density at radius 2 is 1.84 bits per heavy atom. The number of aromatic hydroxyl groups is 1. The highest BCUT2D eigenvalue weighted by atomic mass is 79.9. The van der Waals surface area contributed by atoms with Crippen LogP contribution in [-0.2, 0) is 6.54 Å². The van der Waals surface area contributed by atoms with Crippen LogP contribution in [0.2, 0.25) is 0 Å². The number of hydrogen-bond donors (Lipinski definition) is 2. The summed E-state index contributed by atoms with van der Waals surface area (Å²) in [5.74, 6) is -0.109. The summed E-state index contributed by atoms with van der Waals surface area (Å²) in [6, 6.07) is 8.56. The van der Waals surface area contributed by atoms with E-state index in [-0.39, 0.29) is 11.6 Å². The first-order chi connectivity index (χ1) is 8.99. The lowest BCUT2D eigenvalue weighted by atomic mass is 10.1. The van der Waals surface area contributed by atoms with Gasteiger partial charge in [0.25, 0.3) is 0 Å². The lowest BCUT2D eigenvalue weighted by molar-refractivity contribution is 0.468. The van der Waals surface area contributed by atoms with Crippen molar-refractivity contribution in [2.75, 3.05) is 5.32 Å². The molecule has 2 N–H and O–H groups in total. The van der Waals surface area contributed by atoms with Crippen molar-refractivity contribution in [3.05, 3.63) is 56.2 Å². The van der Waals surface area contributed by atoms with Gasteiger partial charge in [-0.1, -0.05) is 12.1 Å². The van der Waals surface area contributed by atoms with Gasteiger partial charge in [0.05, 0.1) is 14.6 Å². The zero-order valence-electron chi connectivity index (χ0n) is 10.2. The normalized spacial score (nSPS) is 10.5. The molecule has 19 heavy (non-hydrogen) atoms. The fourth-order valence-electron chi connectivity index (χ4n) is 1.77. The summed E-state index contributed by atoms with van der Waals surface area (Å²) in [6.07, 6.45) is 0. The van der Waals surface area contributed by atoms with Crippen LogP contribution in [-0.4, -0.2) is 5.11 Å². The third-order valence-electron chi connectivity index (χ3n) is 2.77. The van der Waals surface area contributed by atoms with Gasteiger partial charge in [-0.2, -0.15) is 0 Å². The fraction of sp³-hybridized carbons (Fsp3) is 0.143. The van der Waals surface area contributed by atoms with Crippen LogP contribution in [0.15, 0.2) is 39.3 Å². The topological polar surface area (TPSA) is 32.3 Å². The van der Waals surface area contributed by atoms with Crippen molar-refractivity contribution in [1.82, 2.24) is 0 Å². The number of phenols is 1. The number of benzene rings is 2. The van der Waals surface area contributed by atoms with E-state index in [1.165, 1.54) is 6.07 Å². The van der Waals surface area contributed by atoms with E-state index < -0.39 is 0 Å². The van der Waals surface area contributed by atoms with Gasteiger partial charge in [0.1, 0.15) is 11.6 Å². The molecule has 0 saturated carbocycles. The molecule has 0 amide bonds. The van der Waals surface area contributed by atoms with Gasteiger partial charge in [-0.3, -0.25) is 0 Å². The summed E-state index contributed by atoms with van der Waals surface area (Å²) in [6.45, 7) is 2.33. The molecule has 5 heteroatoms. The van der Waals surface area contributed by atoms with Crippen LogP contribution in [0, 0.1) is 12.7 Å². The first-order valence-corrected chi connectivity index (χ1v) is 7.23. The van der Waals surface area contributed by atoms with Crippen LogP contribution in [0.1, 0.15) is 11.1 Å². The first-order valence-electron chi connectivity index (χ1n) is 5.65. The Kier molecular flexibility index (Phi) is 4.47. The molecule has 2 aromatic rings. The van der Waals surface area contributed by atoms with Crippen molar-refractivity contribution in [2.45, 2.75) is 13.5 Å². The van der Waals surface area contributed by atoms with E-state index in [1.807, 2.05) is 13.0 Å². The van der Waals surface area contributed by atoms with E-state index in [4.69, 9.17) is 0 Å². The van der Waals surface area contributed by atoms with Crippen LogP contribution in [0.25, 0.3) is 0 Å². The molecule has 0 atom stereocenters. The lowest BCUT2D eigenvalue weighted by Gasteiger charge is -2.11. The summed E-state index contributed by atoms with van der Waals surface area (Å²) in [5.41, 5.74) is 2.29. The van der Waals surface area contributed by atoms with Crippen molar-refractivity contribution >= 4 is 37.5 Å². The Morgan fingerprint density at radius 3 is 2.42 bits per heavy atom. The number of halogens is 3. The van der Waals surface area contributed by atoms with Crippen molar-refractivity contribution in [3.8, 4) is 5.75 Å². The van der Waals surface area contributed by atoms with Crippen molar-refractivity contribution < 1.29 is 9.50 Å². The Hall–Kier alpha value is -1.07. The van der Waals surface area contributed by atoms with Crippen LogP contribution in [0.5, 0.6) is 5.75 Å². The Morgan fingerprint density at radius 1 is 1.21 bits per heavy atom. The minimum absolute atomic E-state index is 0.158. The molecule has 100 valence electrons. The van der Waals surface area contributed by atoms with Crippen molar-refractivity contribution in [1.29, 1.82) is 0 Å². The summed E-state index contributed by atoms with van der Waals surface area (Å²) in [4.78, 5) is 0. The number of anilines is 1. The molecule has 0 fully saturated rings. The predicted octanol–water partition coefficient (Wildman–Crippen LogP) is 4.98. The molecule has 2 nitrogen and oxygen atoms in total. The maximum Gasteiger partial charge on any atom is 0.146 e. The molecule has 0 spiro atoms. The molecule has 2 aromatic carbocycles. The van der Waals surface area contributed by atoms with Gasteiger partial charge in [-0.15, -0.1) is 0 Å². The lowest BCUT2D eigenvalue weighted by Crippen LogP contribution is -2.03. The van der Waals surface area contributed by atoms with Crippen LogP contribution in [0.3, 0.4) is 0 Å². The quantitative estimate of drug-likeness (QED) is 0.777. The van der Waals surface area contributed by atoms with Crippen LogP contribution >= 0.6 is 31.9 Å². The van der Waals surface area contributed by atoms with Crippen molar-refractivity contribution in [2.24, 2.45) is 0 Å². The molecule has 2 rings (SSSR count). The summed E-state index contributed by atoms with van der Waals surface area (Å²) < 4.78 is 14.9. The number of nitrogens with one attached hydrogen (secondary N) is 1. The average molecular weight is 389 g/mol. The molecule has 0 aliphatic rings. The molecule has 0 saturated heterocycles. The van der Waals surface area contributed by atoms with E-state index in [0.717, 1.165) is 11.1 Å². The third-order valence-corrected chi connectivity index (χ3v) is 3.98. The first kappa shape index (κ1) is 14.3. The van der Waals surface area contributed by atoms with Gasteiger partial charge >= 0.3 is 0 Å². The molecule has 0 heterocycles. The minimum atomic E-state index is -0.267. The molecular weight excluding hydrogens is 377 g/mol. The zero-order valence-corrected chi connectivity index (χ0v) is 13.3. The molecule has 0 aliphatic heterocycles. The molecular formula is C14H12Br2FNO. The highest BCUT2D eigenvalue weighted by molar-refractivity contribution is 9.11. The van der Waals surface area contributed by atoms with Gasteiger partial charge < -0.3 is 10.4 Å². The van der Waals surface area contributed by atoms with E-state index in [2.05, 4.69) is 37.2 Å². The second-order valence-electron chi connectivity index (χ2n) is 4.19. The maximum absolute atomic E-state index is 13.7. The standard InChI is InChI=1S/C14H12Br2FNO/c1-8-3-2-4-12(17)13(8)18-7-9-5-10(15)14(19)11(16)6-9/h2-6,18-19H,7H2,1H3. The number of phenolic OH excluding ortho intramolecular Hbond substituents is 1. The largest absolute Gasteiger partial charge is 0.506 e. The minimum Gasteiger partial charge on any atom is -0.506 e. The highest BCUT2D eigenvalue weighted by Gasteiger charge is 2.08. The Balaban J connectivity index is 2.19. The number of aryl methyl sites for hydroxylation is 1. The molecule has 0 aromatic heterocycles. The maximum atomic E-state index is 13.7. The smallest absolute Gasteiger partial charge is 0.146 e. The van der Waals surface area contributed by atoms with Crippen LogP contribution < -0.4 is 5.32 Å². The average Bonchev–Trinajstić information content (AvgIpc) is 2.35. The molecule has 0 unspecified atom stereocenters. The second-order valence-corrected chi connectivity index (χ2v) is 5.90. The SMILES string of the molecule is Cc1cccc(F)c1NCc1cc(Br)c(O)c(Br)c1. The van der Waals surface area contributed by atoms with Gasteiger partial charge in [0.2, 0.25) is 0 Å². The van der Waals surface area contributed by atoms with Gasteiger partial charge in [0.15, 0.2) is 0 Å². The van der Waals surface area contributed by atoms with Gasteiger partial charge in [-0.25, -0.2) is 4.39 Å². The molecule has 0 bridgehead atoms.